The highest BCUT2D eigenvalue weighted by atomic mass is 32.2. The molecule has 0 aromatic heterocycles. The van der Waals surface area contributed by atoms with Gasteiger partial charge in [-0.15, -0.1) is 0 Å². The minimum atomic E-state index is -3.61. The van der Waals surface area contributed by atoms with E-state index in [1.165, 1.54) is 12.1 Å². The molecule has 1 aromatic rings. The zero-order chi connectivity index (χ0) is 15.0. The van der Waals surface area contributed by atoms with Gasteiger partial charge in [-0.25, -0.2) is 17.5 Å². The lowest BCUT2D eigenvalue weighted by atomic mass is 9.93. The largest absolute Gasteiger partial charge is 0.326 e. The van der Waals surface area contributed by atoms with Crippen molar-refractivity contribution in [1.82, 2.24) is 4.72 Å². The summed E-state index contributed by atoms with van der Waals surface area (Å²) in [5.41, 5.74) is 5.69. The Labute approximate surface area is 119 Å². The van der Waals surface area contributed by atoms with Crippen molar-refractivity contribution < 1.29 is 12.8 Å². The number of rotatable bonds is 6. The van der Waals surface area contributed by atoms with Crippen LogP contribution in [0.5, 0.6) is 0 Å². The summed E-state index contributed by atoms with van der Waals surface area (Å²) in [6.45, 7) is 4.62. The number of hydrogen-bond acceptors (Lipinski definition) is 3. The first-order chi connectivity index (χ1) is 9.31. The molecule has 0 amide bonds. The molecule has 1 aliphatic carbocycles. The van der Waals surface area contributed by atoms with Crippen LogP contribution in [0.25, 0.3) is 0 Å². The SMILES string of the molecule is CC(C)C1(CNS(=O)(=O)c2ccc(F)c(CN)c2)CC1. The van der Waals surface area contributed by atoms with Crippen LogP contribution in [0.3, 0.4) is 0 Å². The summed E-state index contributed by atoms with van der Waals surface area (Å²) in [6.07, 6.45) is 2.09. The van der Waals surface area contributed by atoms with E-state index in [1.807, 2.05) is 0 Å². The summed E-state index contributed by atoms with van der Waals surface area (Å²) in [7, 11) is -3.61. The molecule has 0 saturated heterocycles. The Morgan fingerprint density at radius 1 is 1.40 bits per heavy atom. The zero-order valence-corrected chi connectivity index (χ0v) is 12.6. The fourth-order valence-electron chi connectivity index (χ4n) is 2.32. The van der Waals surface area contributed by atoms with Gasteiger partial charge in [0.15, 0.2) is 0 Å². The molecule has 20 heavy (non-hydrogen) atoms. The topological polar surface area (TPSA) is 72.2 Å². The minimum Gasteiger partial charge on any atom is -0.326 e. The fraction of sp³-hybridized carbons (Fsp3) is 0.571. The average Bonchev–Trinajstić information content (AvgIpc) is 3.18. The first kappa shape index (κ1) is 15.4. The molecular weight excluding hydrogens is 279 g/mol. The van der Waals surface area contributed by atoms with Crippen LogP contribution in [-0.4, -0.2) is 15.0 Å². The molecule has 112 valence electrons. The molecule has 0 atom stereocenters. The molecule has 0 unspecified atom stereocenters. The number of halogens is 1. The Bertz CT molecular complexity index is 595. The van der Waals surface area contributed by atoms with E-state index in [2.05, 4.69) is 18.6 Å². The van der Waals surface area contributed by atoms with Gasteiger partial charge in [-0.2, -0.15) is 0 Å². The molecule has 0 aliphatic heterocycles. The molecule has 1 aromatic carbocycles. The van der Waals surface area contributed by atoms with Crippen LogP contribution in [-0.2, 0) is 16.6 Å². The third-order valence-electron chi connectivity index (χ3n) is 4.28. The van der Waals surface area contributed by atoms with Gasteiger partial charge < -0.3 is 5.73 Å². The molecule has 6 heteroatoms. The monoisotopic (exact) mass is 300 g/mol. The van der Waals surface area contributed by atoms with E-state index >= 15 is 0 Å². The lowest BCUT2D eigenvalue weighted by Gasteiger charge is -2.20. The standard InChI is InChI=1S/C14H21FN2O2S/c1-10(2)14(5-6-14)9-17-20(18,19)12-3-4-13(15)11(7-12)8-16/h3-4,7,10,17H,5-6,8-9,16H2,1-2H3. The summed E-state index contributed by atoms with van der Waals surface area (Å²) in [5, 5.41) is 0. The maximum absolute atomic E-state index is 13.4. The second kappa shape index (κ2) is 5.42. The highest BCUT2D eigenvalue weighted by Gasteiger charge is 2.45. The summed E-state index contributed by atoms with van der Waals surface area (Å²) in [6, 6.07) is 3.71. The van der Waals surface area contributed by atoms with Crippen LogP contribution in [0, 0.1) is 17.2 Å². The van der Waals surface area contributed by atoms with E-state index in [-0.39, 0.29) is 22.4 Å². The number of nitrogens with one attached hydrogen (secondary N) is 1. The first-order valence-corrected chi connectivity index (χ1v) is 8.27. The summed E-state index contributed by atoms with van der Waals surface area (Å²) in [5.74, 6) is -0.0367. The van der Waals surface area contributed by atoms with E-state index in [4.69, 9.17) is 5.73 Å². The third-order valence-corrected chi connectivity index (χ3v) is 5.68. The highest BCUT2D eigenvalue weighted by Crippen LogP contribution is 2.51. The Hall–Kier alpha value is -0.980. The molecule has 0 spiro atoms. The van der Waals surface area contributed by atoms with Crippen LogP contribution in [0.15, 0.2) is 23.1 Å². The third kappa shape index (κ3) is 3.02. The highest BCUT2D eigenvalue weighted by molar-refractivity contribution is 7.89. The van der Waals surface area contributed by atoms with Crippen LogP contribution in [0.1, 0.15) is 32.3 Å². The Morgan fingerprint density at radius 2 is 2.05 bits per heavy atom. The molecule has 3 N–H and O–H groups in total. The van der Waals surface area contributed by atoms with E-state index in [9.17, 15) is 12.8 Å². The van der Waals surface area contributed by atoms with Gasteiger partial charge in [0.25, 0.3) is 0 Å². The lowest BCUT2D eigenvalue weighted by Crippen LogP contribution is -2.32. The predicted octanol–water partition coefficient (Wildman–Crippen LogP) is 2.00. The molecular formula is C14H21FN2O2S. The first-order valence-electron chi connectivity index (χ1n) is 6.79. The zero-order valence-electron chi connectivity index (χ0n) is 11.8. The van der Waals surface area contributed by atoms with Crippen molar-refractivity contribution in [3.8, 4) is 0 Å². The van der Waals surface area contributed by atoms with Gasteiger partial charge in [0.2, 0.25) is 10.0 Å². The van der Waals surface area contributed by atoms with Crippen molar-refractivity contribution in [2.75, 3.05) is 6.54 Å². The number of sulfonamides is 1. The molecule has 1 fully saturated rings. The van der Waals surface area contributed by atoms with Crippen LogP contribution in [0.4, 0.5) is 4.39 Å². The molecule has 2 rings (SSSR count). The second-order valence-electron chi connectivity index (χ2n) is 5.80. The van der Waals surface area contributed by atoms with Crippen molar-refractivity contribution >= 4 is 10.0 Å². The predicted molar refractivity (Wildman–Crippen MR) is 76.0 cm³/mol. The number of benzene rings is 1. The van der Waals surface area contributed by atoms with E-state index in [1.54, 1.807) is 0 Å². The van der Waals surface area contributed by atoms with Crippen molar-refractivity contribution in [1.29, 1.82) is 0 Å². The smallest absolute Gasteiger partial charge is 0.240 e. The van der Waals surface area contributed by atoms with Gasteiger partial charge in [0.05, 0.1) is 4.90 Å². The molecule has 0 bridgehead atoms. The van der Waals surface area contributed by atoms with Crippen LogP contribution < -0.4 is 10.5 Å². The van der Waals surface area contributed by atoms with Gasteiger partial charge in [0.1, 0.15) is 5.82 Å². The van der Waals surface area contributed by atoms with E-state index < -0.39 is 15.8 Å². The van der Waals surface area contributed by atoms with Crippen molar-refractivity contribution in [3.05, 3.63) is 29.6 Å². The number of nitrogens with two attached hydrogens (primary N) is 1. The Morgan fingerprint density at radius 3 is 2.55 bits per heavy atom. The van der Waals surface area contributed by atoms with Gasteiger partial charge in [-0.3, -0.25) is 0 Å². The van der Waals surface area contributed by atoms with Gasteiger partial charge in [-0.05, 0) is 42.4 Å². The van der Waals surface area contributed by atoms with Gasteiger partial charge in [-0.1, -0.05) is 13.8 Å². The lowest BCUT2D eigenvalue weighted by molar-refractivity contribution is 0.357. The maximum atomic E-state index is 13.4. The summed E-state index contributed by atoms with van der Waals surface area (Å²) < 4.78 is 40.5. The molecule has 0 radical (unpaired) electrons. The fourth-order valence-corrected chi connectivity index (χ4v) is 3.50. The van der Waals surface area contributed by atoms with Gasteiger partial charge >= 0.3 is 0 Å². The average molecular weight is 300 g/mol. The summed E-state index contributed by atoms with van der Waals surface area (Å²) in [4.78, 5) is 0.0684. The van der Waals surface area contributed by atoms with Gasteiger partial charge in [0, 0.05) is 18.7 Å². The second-order valence-corrected chi connectivity index (χ2v) is 7.57. The van der Waals surface area contributed by atoms with Crippen LogP contribution >= 0.6 is 0 Å². The molecule has 1 aliphatic rings. The van der Waals surface area contributed by atoms with E-state index in [0.29, 0.717) is 12.5 Å². The normalized spacial score (nSPS) is 17.4. The quantitative estimate of drug-likeness (QED) is 0.844. The van der Waals surface area contributed by atoms with Crippen molar-refractivity contribution in [2.24, 2.45) is 17.1 Å². The minimum absolute atomic E-state index is 0.0227. The molecule has 1 saturated carbocycles. The Balaban J connectivity index is 2.15. The van der Waals surface area contributed by atoms with Crippen LogP contribution in [0.2, 0.25) is 0 Å². The number of hydrogen-bond donors (Lipinski definition) is 2. The molecule has 4 nitrogen and oxygen atoms in total. The molecule has 0 heterocycles. The van der Waals surface area contributed by atoms with E-state index in [0.717, 1.165) is 18.9 Å². The van der Waals surface area contributed by atoms with Crippen molar-refractivity contribution in [3.63, 3.8) is 0 Å². The summed E-state index contributed by atoms with van der Waals surface area (Å²) >= 11 is 0. The maximum Gasteiger partial charge on any atom is 0.240 e. The Kier molecular flexibility index (Phi) is 4.18. The van der Waals surface area contributed by atoms with Crippen molar-refractivity contribution in [2.45, 2.75) is 38.1 Å².